The molecule has 1 fully saturated rings. The maximum Gasteiger partial charge on any atom is 0.317 e. The van der Waals surface area contributed by atoms with Crippen molar-refractivity contribution in [3.05, 3.63) is 84.2 Å². The molecule has 0 atom stereocenters. The third-order valence-corrected chi connectivity index (χ3v) is 6.21. The Hall–Kier alpha value is -3.21. The van der Waals surface area contributed by atoms with Gasteiger partial charge in [-0.3, -0.25) is 0 Å². The Morgan fingerprint density at radius 2 is 1.72 bits per heavy atom. The Bertz CT molecular complexity index is 1000. The van der Waals surface area contributed by atoms with Gasteiger partial charge in [-0.1, -0.05) is 42.5 Å². The number of carbonyl (C=O) groups is 1. The SMILES string of the molecule is O=C(NCCc1ccccc1)N1CCC2(CC1)Nc1ccccc1-n1cccc12. The Labute approximate surface area is 171 Å². The molecule has 0 bridgehead atoms. The van der Waals surface area contributed by atoms with Crippen LogP contribution < -0.4 is 10.6 Å². The molecule has 2 amide bonds. The molecule has 29 heavy (non-hydrogen) atoms. The second-order valence-corrected chi connectivity index (χ2v) is 7.94. The lowest BCUT2D eigenvalue weighted by molar-refractivity contribution is 0.163. The van der Waals surface area contributed by atoms with Crippen LogP contribution in [0.2, 0.25) is 0 Å². The summed E-state index contributed by atoms with van der Waals surface area (Å²) in [6, 6.07) is 23.1. The molecule has 5 heteroatoms. The molecule has 1 spiro atoms. The van der Waals surface area contributed by atoms with E-state index in [9.17, 15) is 4.79 Å². The average molecular weight is 386 g/mol. The van der Waals surface area contributed by atoms with Crippen molar-refractivity contribution >= 4 is 11.7 Å². The summed E-state index contributed by atoms with van der Waals surface area (Å²) in [6.45, 7) is 2.16. The van der Waals surface area contributed by atoms with Crippen LogP contribution in [0.5, 0.6) is 0 Å². The highest BCUT2D eigenvalue weighted by molar-refractivity contribution is 5.74. The summed E-state index contributed by atoms with van der Waals surface area (Å²) in [6.07, 6.45) is 4.80. The van der Waals surface area contributed by atoms with E-state index in [1.165, 1.54) is 16.9 Å². The number of likely N-dealkylation sites (tertiary alicyclic amines) is 1. The molecular formula is C24H26N4O. The fourth-order valence-electron chi connectivity index (χ4n) is 4.64. The van der Waals surface area contributed by atoms with E-state index in [1.807, 2.05) is 23.1 Å². The standard InChI is InChI=1S/C24H26N4O/c29-23(25-15-12-19-7-2-1-3-8-19)27-17-13-24(14-18-27)22-11-6-16-28(22)21-10-5-4-9-20(21)26-24/h1-11,16,26H,12-15,17-18H2,(H,25,29). The van der Waals surface area contributed by atoms with E-state index in [0.717, 1.165) is 38.0 Å². The third kappa shape index (κ3) is 3.27. The highest BCUT2D eigenvalue weighted by atomic mass is 16.2. The smallest absolute Gasteiger partial charge is 0.317 e. The van der Waals surface area contributed by atoms with Crippen molar-refractivity contribution in [2.24, 2.45) is 0 Å². The summed E-state index contributed by atoms with van der Waals surface area (Å²) in [5.74, 6) is 0. The molecule has 5 rings (SSSR count). The predicted octanol–water partition coefficient (Wildman–Crippen LogP) is 4.15. The van der Waals surface area contributed by atoms with Crippen LogP contribution in [-0.2, 0) is 12.0 Å². The molecule has 1 saturated heterocycles. The topological polar surface area (TPSA) is 49.3 Å². The number of hydrogen-bond donors (Lipinski definition) is 2. The summed E-state index contributed by atoms with van der Waals surface area (Å²) < 4.78 is 2.29. The fraction of sp³-hybridized carbons (Fsp3) is 0.292. The number of aromatic nitrogens is 1. The fourth-order valence-corrected chi connectivity index (χ4v) is 4.64. The van der Waals surface area contributed by atoms with E-state index in [1.54, 1.807) is 0 Å². The first-order valence-corrected chi connectivity index (χ1v) is 10.4. The Morgan fingerprint density at radius 1 is 0.966 bits per heavy atom. The molecule has 3 heterocycles. The molecule has 1 aromatic heterocycles. The maximum atomic E-state index is 12.6. The minimum absolute atomic E-state index is 0.0439. The zero-order chi connectivity index (χ0) is 19.7. The van der Waals surface area contributed by atoms with Gasteiger partial charge in [-0.15, -0.1) is 0 Å². The number of rotatable bonds is 3. The van der Waals surface area contributed by atoms with Crippen molar-refractivity contribution in [2.45, 2.75) is 24.8 Å². The van der Waals surface area contributed by atoms with E-state index < -0.39 is 0 Å². The van der Waals surface area contributed by atoms with Crippen molar-refractivity contribution in [1.29, 1.82) is 0 Å². The second kappa shape index (κ2) is 7.32. The maximum absolute atomic E-state index is 12.6. The number of piperidine rings is 1. The Morgan fingerprint density at radius 3 is 2.55 bits per heavy atom. The van der Waals surface area contributed by atoms with Gasteiger partial charge in [-0.25, -0.2) is 4.79 Å². The number of amides is 2. The van der Waals surface area contributed by atoms with Gasteiger partial charge in [0.15, 0.2) is 0 Å². The van der Waals surface area contributed by atoms with E-state index in [-0.39, 0.29) is 11.6 Å². The van der Waals surface area contributed by atoms with Gasteiger partial charge in [0.1, 0.15) is 0 Å². The largest absolute Gasteiger partial charge is 0.372 e. The van der Waals surface area contributed by atoms with Crippen LogP contribution in [0.25, 0.3) is 5.69 Å². The van der Waals surface area contributed by atoms with Crippen LogP contribution in [0.1, 0.15) is 24.1 Å². The summed E-state index contributed by atoms with van der Waals surface area (Å²) in [4.78, 5) is 14.6. The number of para-hydroxylation sites is 2. The summed E-state index contributed by atoms with van der Waals surface area (Å²) in [5.41, 5.74) is 4.78. The molecule has 0 aliphatic carbocycles. The highest BCUT2D eigenvalue weighted by Crippen LogP contribution is 2.43. The number of benzene rings is 2. The van der Waals surface area contributed by atoms with Gasteiger partial charge in [0.25, 0.3) is 0 Å². The lowest BCUT2D eigenvalue weighted by atomic mass is 9.82. The summed E-state index contributed by atoms with van der Waals surface area (Å²) in [5, 5.41) is 6.88. The van der Waals surface area contributed by atoms with E-state index >= 15 is 0 Å². The van der Waals surface area contributed by atoms with E-state index in [2.05, 4.69) is 69.9 Å². The molecule has 148 valence electrons. The first-order chi connectivity index (χ1) is 14.3. The molecule has 0 unspecified atom stereocenters. The predicted molar refractivity (Wildman–Crippen MR) is 115 cm³/mol. The van der Waals surface area contributed by atoms with Crippen molar-refractivity contribution in [3.8, 4) is 5.69 Å². The zero-order valence-corrected chi connectivity index (χ0v) is 16.5. The minimum atomic E-state index is -0.112. The Balaban J connectivity index is 1.23. The van der Waals surface area contributed by atoms with Crippen LogP contribution in [0, 0.1) is 0 Å². The number of anilines is 1. The van der Waals surface area contributed by atoms with Crippen molar-refractivity contribution in [3.63, 3.8) is 0 Å². The molecule has 2 aromatic carbocycles. The Kier molecular flexibility index (Phi) is 4.51. The van der Waals surface area contributed by atoms with Crippen LogP contribution in [0.3, 0.4) is 0 Å². The quantitative estimate of drug-likeness (QED) is 0.711. The highest BCUT2D eigenvalue weighted by Gasteiger charge is 2.42. The van der Waals surface area contributed by atoms with Gasteiger partial charge in [-0.05, 0) is 49.1 Å². The van der Waals surface area contributed by atoms with Gasteiger partial charge in [-0.2, -0.15) is 0 Å². The van der Waals surface area contributed by atoms with Crippen LogP contribution >= 0.6 is 0 Å². The second-order valence-electron chi connectivity index (χ2n) is 7.94. The van der Waals surface area contributed by atoms with E-state index in [4.69, 9.17) is 0 Å². The number of fused-ring (bicyclic) bond motifs is 4. The van der Waals surface area contributed by atoms with Gasteiger partial charge in [0.05, 0.1) is 16.9 Å². The number of carbonyl (C=O) groups excluding carboxylic acids is 1. The molecule has 5 nitrogen and oxygen atoms in total. The van der Waals surface area contributed by atoms with Crippen LogP contribution in [0.4, 0.5) is 10.5 Å². The van der Waals surface area contributed by atoms with Gasteiger partial charge < -0.3 is 20.1 Å². The lowest BCUT2D eigenvalue weighted by Crippen LogP contribution is -2.53. The first-order valence-electron chi connectivity index (χ1n) is 10.4. The molecule has 0 saturated carbocycles. The van der Waals surface area contributed by atoms with Gasteiger partial charge in [0.2, 0.25) is 0 Å². The molecule has 2 aliphatic heterocycles. The first kappa shape index (κ1) is 17.9. The van der Waals surface area contributed by atoms with E-state index in [0.29, 0.717) is 6.54 Å². The summed E-state index contributed by atoms with van der Waals surface area (Å²) in [7, 11) is 0. The molecule has 2 aliphatic rings. The molecule has 3 aromatic rings. The van der Waals surface area contributed by atoms with Crippen molar-refractivity contribution in [2.75, 3.05) is 25.0 Å². The van der Waals surface area contributed by atoms with Crippen LogP contribution in [-0.4, -0.2) is 35.1 Å². The third-order valence-electron chi connectivity index (χ3n) is 6.21. The molecule has 0 radical (unpaired) electrons. The normalized spacial score (nSPS) is 16.6. The van der Waals surface area contributed by atoms with Crippen molar-refractivity contribution in [1.82, 2.24) is 14.8 Å². The number of urea groups is 1. The van der Waals surface area contributed by atoms with Crippen LogP contribution in [0.15, 0.2) is 72.9 Å². The minimum Gasteiger partial charge on any atom is -0.372 e. The monoisotopic (exact) mass is 386 g/mol. The van der Waals surface area contributed by atoms with Gasteiger partial charge in [0, 0.05) is 31.5 Å². The van der Waals surface area contributed by atoms with Crippen molar-refractivity contribution < 1.29 is 4.79 Å². The number of nitrogens with one attached hydrogen (secondary N) is 2. The zero-order valence-electron chi connectivity index (χ0n) is 16.5. The number of hydrogen-bond acceptors (Lipinski definition) is 2. The lowest BCUT2D eigenvalue weighted by Gasteiger charge is -2.46. The average Bonchev–Trinajstić information content (AvgIpc) is 3.27. The summed E-state index contributed by atoms with van der Waals surface area (Å²) >= 11 is 0. The van der Waals surface area contributed by atoms with Gasteiger partial charge >= 0.3 is 6.03 Å². The number of nitrogens with zero attached hydrogens (tertiary/aromatic N) is 2. The molecular weight excluding hydrogens is 360 g/mol. The molecule has 2 N–H and O–H groups in total.